The quantitative estimate of drug-likeness (QED) is 0.557. The molecule has 0 saturated heterocycles. The zero-order chi connectivity index (χ0) is 22.0. The number of hydrogen-bond acceptors (Lipinski definition) is 7. The smallest absolute Gasteiger partial charge is 0.338 e. The Morgan fingerprint density at radius 2 is 1.84 bits per heavy atom. The fourth-order valence-corrected chi connectivity index (χ4v) is 3.69. The van der Waals surface area contributed by atoms with Gasteiger partial charge < -0.3 is 23.7 Å². The molecule has 0 N–H and O–H groups in total. The summed E-state index contributed by atoms with van der Waals surface area (Å²) in [7, 11) is 3.11. The highest BCUT2D eigenvalue weighted by molar-refractivity contribution is 5.94. The molecule has 0 amide bonds. The first-order valence-electron chi connectivity index (χ1n) is 10.4. The van der Waals surface area contributed by atoms with Gasteiger partial charge >= 0.3 is 11.9 Å². The van der Waals surface area contributed by atoms with Crippen molar-refractivity contribution in [2.45, 2.75) is 32.8 Å². The van der Waals surface area contributed by atoms with E-state index in [9.17, 15) is 9.59 Å². The molecule has 1 saturated carbocycles. The van der Waals surface area contributed by atoms with Gasteiger partial charge in [-0.3, -0.25) is 4.79 Å². The third-order valence-corrected chi connectivity index (χ3v) is 5.71. The van der Waals surface area contributed by atoms with Crippen molar-refractivity contribution >= 4 is 11.9 Å². The van der Waals surface area contributed by atoms with Crippen molar-refractivity contribution in [1.82, 2.24) is 0 Å². The van der Waals surface area contributed by atoms with E-state index in [-0.39, 0.29) is 25.2 Å². The largest absolute Gasteiger partial charge is 0.493 e. The van der Waals surface area contributed by atoms with E-state index in [0.29, 0.717) is 29.4 Å². The Labute approximate surface area is 181 Å². The standard InChI is InChI=1S/C24H26O7/c1-4-11-29-23(26)24(9-10-24)14-31-20-17(7-8-19(27-2)21(20)28-3)15-5-6-18-16(12-15)13-30-22(18)25/h5-8,12H,4,9-11,13-14H2,1-3H3. The predicted octanol–water partition coefficient (Wildman–Crippen LogP) is 4.15. The summed E-state index contributed by atoms with van der Waals surface area (Å²) in [6, 6.07) is 9.20. The molecule has 2 aromatic rings. The van der Waals surface area contributed by atoms with Crippen LogP contribution in [0.5, 0.6) is 17.2 Å². The van der Waals surface area contributed by atoms with Gasteiger partial charge in [0.05, 0.1) is 26.4 Å². The summed E-state index contributed by atoms with van der Waals surface area (Å²) in [6.07, 6.45) is 2.24. The number of rotatable bonds is 9. The molecular formula is C24H26O7. The molecule has 0 unspecified atom stereocenters. The fraction of sp³-hybridized carbons (Fsp3) is 0.417. The summed E-state index contributed by atoms with van der Waals surface area (Å²) in [4.78, 5) is 24.3. The van der Waals surface area contributed by atoms with Gasteiger partial charge in [-0.15, -0.1) is 0 Å². The van der Waals surface area contributed by atoms with Gasteiger partial charge in [-0.2, -0.15) is 0 Å². The van der Waals surface area contributed by atoms with E-state index in [1.807, 2.05) is 25.1 Å². The predicted molar refractivity (Wildman–Crippen MR) is 113 cm³/mol. The third kappa shape index (κ3) is 3.92. The van der Waals surface area contributed by atoms with Crippen LogP contribution in [0.25, 0.3) is 11.1 Å². The highest BCUT2D eigenvalue weighted by atomic mass is 16.6. The number of carbonyl (C=O) groups excluding carboxylic acids is 2. The summed E-state index contributed by atoms with van der Waals surface area (Å²) in [5, 5.41) is 0. The van der Waals surface area contributed by atoms with Crippen LogP contribution in [0.4, 0.5) is 0 Å². The molecular weight excluding hydrogens is 400 g/mol. The van der Waals surface area contributed by atoms with Crippen LogP contribution in [-0.4, -0.2) is 39.4 Å². The van der Waals surface area contributed by atoms with Crippen molar-refractivity contribution in [3.05, 3.63) is 41.5 Å². The average molecular weight is 426 g/mol. The zero-order valence-electron chi connectivity index (χ0n) is 18.0. The molecule has 2 aromatic carbocycles. The minimum absolute atomic E-state index is 0.193. The van der Waals surface area contributed by atoms with Crippen molar-refractivity contribution in [2.24, 2.45) is 5.41 Å². The Hall–Kier alpha value is -3.22. The molecule has 7 heteroatoms. The highest BCUT2D eigenvalue weighted by Crippen LogP contribution is 2.50. The Kier molecular flexibility index (Phi) is 5.76. The Morgan fingerprint density at radius 3 is 2.52 bits per heavy atom. The molecule has 1 aliphatic heterocycles. The van der Waals surface area contributed by atoms with Crippen molar-refractivity contribution in [3.8, 4) is 28.4 Å². The van der Waals surface area contributed by atoms with E-state index in [1.165, 1.54) is 0 Å². The Morgan fingerprint density at radius 1 is 1.06 bits per heavy atom. The summed E-state index contributed by atoms with van der Waals surface area (Å²) in [6.45, 7) is 2.81. The van der Waals surface area contributed by atoms with Gasteiger partial charge in [0.15, 0.2) is 11.5 Å². The lowest BCUT2D eigenvalue weighted by molar-refractivity contribution is -0.151. The zero-order valence-corrected chi connectivity index (χ0v) is 18.0. The van der Waals surface area contributed by atoms with E-state index in [1.54, 1.807) is 26.4 Å². The molecule has 0 spiro atoms. The normalized spacial score (nSPS) is 15.6. The van der Waals surface area contributed by atoms with Gasteiger partial charge in [-0.25, -0.2) is 4.79 Å². The SMILES string of the molecule is CCCOC(=O)C1(COc2c(-c3ccc4c(c3)COC4=O)ccc(OC)c2OC)CC1. The van der Waals surface area contributed by atoms with Crippen LogP contribution in [0.2, 0.25) is 0 Å². The van der Waals surface area contributed by atoms with E-state index < -0.39 is 5.41 Å². The Balaban J connectivity index is 1.67. The van der Waals surface area contributed by atoms with Crippen LogP contribution in [-0.2, 0) is 20.9 Å². The monoisotopic (exact) mass is 426 g/mol. The number of ether oxygens (including phenoxy) is 5. The van der Waals surface area contributed by atoms with Gasteiger partial charge in [0.1, 0.15) is 18.6 Å². The van der Waals surface area contributed by atoms with E-state index in [4.69, 9.17) is 23.7 Å². The topological polar surface area (TPSA) is 80.3 Å². The van der Waals surface area contributed by atoms with Crippen LogP contribution >= 0.6 is 0 Å². The maximum Gasteiger partial charge on any atom is 0.338 e. The van der Waals surface area contributed by atoms with Crippen molar-refractivity contribution in [3.63, 3.8) is 0 Å². The maximum absolute atomic E-state index is 12.5. The lowest BCUT2D eigenvalue weighted by Gasteiger charge is -2.21. The third-order valence-electron chi connectivity index (χ3n) is 5.71. The van der Waals surface area contributed by atoms with Crippen molar-refractivity contribution in [1.29, 1.82) is 0 Å². The maximum atomic E-state index is 12.5. The summed E-state index contributed by atoms with van der Waals surface area (Å²) < 4.78 is 27.8. The molecule has 0 radical (unpaired) electrons. The molecule has 7 nitrogen and oxygen atoms in total. The fourth-order valence-electron chi connectivity index (χ4n) is 3.69. The number of fused-ring (bicyclic) bond motifs is 1. The van der Waals surface area contributed by atoms with Crippen LogP contribution in [0.15, 0.2) is 30.3 Å². The van der Waals surface area contributed by atoms with Crippen LogP contribution in [0.1, 0.15) is 42.1 Å². The number of esters is 2. The number of hydrogen-bond donors (Lipinski definition) is 0. The van der Waals surface area contributed by atoms with Crippen LogP contribution in [0, 0.1) is 5.41 Å². The minimum atomic E-state index is -0.612. The van der Waals surface area contributed by atoms with Crippen LogP contribution < -0.4 is 14.2 Å². The molecule has 0 aromatic heterocycles. The number of methoxy groups -OCH3 is 2. The van der Waals surface area contributed by atoms with Crippen molar-refractivity contribution < 1.29 is 33.3 Å². The molecule has 0 bridgehead atoms. The first-order valence-corrected chi connectivity index (χ1v) is 10.4. The van der Waals surface area contributed by atoms with Gasteiger partial charge in [0.25, 0.3) is 0 Å². The summed E-state index contributed by atoms with van der Waals surface area (Å²) in [5.74, 6) is 0.934. The second-order valence-electron chi connectivity index (χ2n) is 7.83. The van der Waals surface area contributed by atoms with Gasteiger partial charge in [-0.05, 0) is 49.1 Å². The van der Waals surface area contributed by atoms with Crippen molar-refractivity contribution in [2.75, 3.05) is 27.4 Å². The second kappa shape index (κ2) is 8.49. The Bertz CT molecular complexity index is 1010. The summed E-state index contributed by atoms with van der Waals surface area (Å²) >= 11 is 0. The molecule has 164 valence electrons. The first-order chi connectivity index (χ1) is 15.0. The second-order valence-corrected chi connectivity index (χ2v) is 7.83. The van der Waals surface area contributed by atoms with Gasteiger partial charge in [0, 0.05) is 11.1 Å². The number of benzene rings is 2. The van der Waals surface area contributed by atoms with Gasteiger partial charge in [0.2, 0.25) is 5.75 Å². The minimum Gasteiger partial charge on any atom is -0.493 e. The molecule has 1 heterocycles. The lowest BCUT2D eigenvalue weighted by Crippen LogP contribution is -2.26. The molecule has 1 fully saturated rings. The van der Waals surface area contributed by atoms with E-state index in [0.717, 1.165) is 36.0 Å². The molecule has 31 heavy (non-hydrogen) atoms. The summed E-state index contributed by atoms with van der Waals surface area (Å²) in [5.41, 5.74) is 2.41. The lowest BCUT2D eigenvalue weighted by atomic mass is 9.99. The average Bonchev–Trinajstić information content (AvgIpc) is 3.51. The first kappa shape index (κ1) is 21.0. The molecule has 4 rings (SSSR count). The van der Waals surface area contributed by atoms with Crippen LogP contribution in [0.3, 0.4) is 0 Å². The number of carbonyl (C=O) groups is 2. The molecule has 0 atom stereocenters. The molecule has 2 aliphatic rings. The van der Waals surface area contributed by atoms with Gasteiger partial charge in [-0.1, -0.05) is 13.0 Å². The highest BCUT2D eigenvalue weighted by Gasteiger charge is 2.52. The number of cyclic esters (lactones) is 1. The van der Waals surface area contributed by atoms with E-state index in [2.05, 4.69) is 0 Å². The molecule has 1 aliphatic carbocycles. The van der Waals surface area contributed by atoms with E-state index >= 15 is 0 Å².